The minimum Gasteiger partial charge on any atom is -0.479 e. The van der Waals surface area contributed by atoms with Crippen molar-refractivity contribution < 1.29 is 9.53 Å². The van der Waals surface area contributed by atoms with Gasteiger partial charge in [0.1, 0.15) is 5.75 Å². The van der Waals surface area contributed by atoms with Crippen LogP contribution >= 0.6 is 23.2 Å². The summed E-state index contributed by atoms with van der Waals surface area (Å²) in [5.74, 6) is 0.0728. The Morgan fingerprint density at radius 1 is 1.24 bits per heavy atom. The molecule has 1 atom stereocenters. The summed E-state index contributed by atoms with van der Waals surface area (Å²) in [4.78, 5) is 12.1. The van der Waals surface area contributed by atoms with Crippen molar-refractivity contribution in [2.75, 3.05) is 11.1 Å². The lowest BCUT2D eigenvalue weighted by Crippen LogP contribution is -2.30. The van der Waals surface area contributed by atoms with E-state index in [2.05, 4.69) is 5.32 Å². The van der Waals surface area contributed by atoms with Crippen LogP contribution in [0.15, 0.2) is 42.5 Å². The highest BCUT2D eigenvalue weighted by Gasteiger charge is 2.17. The van der Waals surface area contributed by atoms with Crippen LogP contribution in [0.5, 0.6) is 5.75 Å². The van der Waals surface area contributed by atoms with E-state index in [-0.39, 0.29) is 5.91 Å². The van der Waals surface area contributed by atoms with Crippen LogP contribution in [0.2, 0.25) is 10.0 Å². The molecule has 0 aliphatic rings. The fraction of sp³-hybridized carbons (Fsp3) is 0.133. The van der Waals surface area contributed by atoms with Crippen LogP contribution < -0.4 is 15.8 Å². The first-order valence-corrected chi connectivity index (χ1v) is 7.00. The van der Waals surface area contributed by atoms with Crippen molar-refractivity contribution >= 4 is 40.5 Å². The van der Waals surface area contributed by atoms with Crippen molar-refractivity contribution in [1.29, 1.82) is 0 Å². The fourth-order valence-electron chi connectivity index (χ4n) is 1.66. The standard InChI is InChI=1S/C15H14Cl2N2O2/c1-9(21-14-7-6-10(16)8-11(14)17)15(20)19-13-5-3-2-4-12(13)18/h2-9H,18H2,1H3,(H,19,20). The normalized spacial score (nSPS) is 11.8. The molecular weight excluding hydrogens is 311 g/mol. The summed E-state index contributed by atoms with van der Waals surface area (Å²) in [5.41, 5.74) is 6.80. The Hall–Kier alpha value is -1.91. The number of nitrogens with two attached hydrogens (primary N) is 1. The number of halogens is 2. The van der Waals surface area contributed by atoms with Crippen LogP contribution in [0.1, 0.15) is 6.92 Å². The van der Waals surface area contributed by atoms with Gasteiger partial charge in [0.05, 0.1) is 16.4 Å². The lowest BCUT2D eigenvalue weighted by atomic mass is 10.2. The van der Waals surface area contributed by atoms with Gasteiger partial charge in [-0.3, -0.25) is 4.79 Å². The maximum absolute atomic E-state index is 12.1. The fourth-order valence-corrected chi connectivity index (χ4v) is 2.11. The van der Waals surface area contributed by atoms with Gasteiger partial charge in [0.25, 0.3) is 5.91 Å². The quantitative estimate of drug-likeness (QED) is 0.836. The smallest absolute Gasteiger partial charge is 0.265 e. The molecule has 2 aromatic rings. The second-order valence-corrected chi connectivity index (χ2v) is 5.25. The van der Waals surface area contributed by atoms with Crippen molar-refractivity contribution in [3.8, 4) is 5.75 Å². The predicted molar refractivity (Wildman–Crippen MR) is 86.0 cm³/mol. The van der Waals surface area contributed by atoms with E-state index in [1.54, 1.807) is 49.4 Å². The maximum atomic E-state index is 12.1. The Labute approximate surface area is 132 Å². The monoisotopic (exact) mass is 324 g/mol. The Morgan fingerprint density at radius 3 is 2.62 bits per heavy atom. The molecule has 1 amide bonds. The lowest BCUT2D eigenvalue weighted by molar-refractivity contribution is -0.122. The molecule has 0 saturated heterocycles. The van der Waals surface area contributed by atoms with Crippen LogP contribution in [-0.4, -0.2) is 12.0 Å². The van der Waals surface area contributed by atoms with Crippen LogP contribution in [0.25, 0.3) is 0 Å². The van der Waals surface area contributed by atoms with Crippen molar-refractivity contribution in [3.05, 3.63) is 52.5 Å². The van der Waals surface area contributed by atoms with Crippen molar-refractivity contribution in [1.82, 2.24) is 0 Å². The summed E-state index contributed by atoms with van der Waals surface area (Å²) < 4.78 is 5.53. The third-order valence-electron chi connectivity index (χ3n) is 2.79. The molecule has 110 valence electrons. The van der Waals surface area contributed by atoms with E-state index in [0.717, 1.165) is 0 Å². The first-order valence-electron chi connectivity index (χ1n) is 6.24. The minimum atomic E-state index is -0.733. The summed E-state index contributed by atoms with van der Waals surface area (Å²) in [6.07, 6.45) is -0.733. The molecule has 0 aliphatic heterocycles. The van der Waals surface area contributed by atoms with E-state index >= 15 is 0 Å². The van der Waals surface area contributed by atoms with E-state index in [1.807, 2.05) is 0 Å². The summed E-state index contributed by atoms with van der Waals surface area (Å²) in [7, 11) is 0. The highest BCUT2D eigenvalue weighted by atomic mass is 35.5. The third kappa shape index (κ3) is 4.03. The highest BCUT2D eigenvalue weighted by molar-refractivity contribution is 6.35. The zero-order valence-electron chi connectivity index (χ0n) is 11.3. The number of carbonyl (C=O) groups is 1. The predicted octanol–water partition coefficient (Wildman–Crippen LogP) is 3.98. The summed E-state index contributed by atoms with van der Waals surface area (Å²) in [6, 6.07) is 11.8. The number of para-hydroxylation sites is 2. The van der Waals surface area contributed by atoms with Crippen molar-refractivity contribution in [2.45, 2.75) is 13.0 Å². The number of carbonyl (C=O) groups excluding carboxylic acids is 1. The minimum absolute atomic E-state index is 0.320. The molecule has 1 unspecified atom stereocenters. The maximum Gasteiger partial charge on any atom is 0.265 e. The van der Waals surface area contributed by atoms with Crippen LogP contribution in [0.4, 0.5) is 11.4 Å². The zero-order valence-corrected chi connectivity index (χ0v) is 12.8. The molecule has 2 rings (SSSR count). The van der Waals surface area contributed by atoms with E-state index < -0.39 is 6.10 Å². The molecule has 4 nitrogen and oxygen atoms in total. The molecule has 2 aromatic carbocycles. The molecule has 0 bridgehead atoms. The average Bonchev–Trinajstić information content (AvgIpc) is 2.44. The molecular formula is C15H14Cl2N2O2. The van der Waals surface area contributed by atoms with Gasteiger partial charge in [-0.2, -0.15) is 0 Å². The van der Waals surface area contributed by atoms with Gasteiger partial charge in [0, 0.05) is 5.02 Å². The van der Waals surface area contributed by atoms with Crippen LogP contribution in [0.3, 0.4) is 0 Å². The highest BCUT2D eigenvalue weighted by Crippen LogP contribution is 2.28. The second kappa shape index (κ2) is 6.70. The second-order valence-electron chi connectivity index (χ2n) is 4.41. The Bertz CT molecular complexity index is 662. The number of rotatable bonds is 4. The largest absolute Gasteiger partial charge is 0.479 e. The third-order valence-corrected chi connectivity index (χ3v) is 3.32. The number of nitrogens with one attached hydrogen (secondary N) is 1. The first-order chi connectivity index (χ1) is 9.97. The number of amides is 1. The SMILES string of the molecule is CC(Oc1ccc(Cl)cc1Cl)C(=O)Nc1ccccc1N. The number of anilines is 2. The molecule has 0 spiro atoms. The molecule has 0 saturated carbocycles. The molecule has 0 aromatic heterocycles. The average molecular weight is 325 g/mol. The molecule has 6 heteroatoms. The number of hydrogen-bond acceptors (Lipinski definition) is 3. The topological polar surface area (TPSA) is 64.3 Å². The molecule has 0 radical (unpaired) electrons. The van der Waals surface area contributed by atoms with E-state index in [0.29, 0.717) is 27.2 Å². The lowest BCUT2D eigenvalue weighted by Gasteiger charge is -2.16. The van der Waals surface area contributed by atoms with Crippen LogP contribution in [-0.2, 0) is 4.79 Å². The van der Waals surface area contributed by atoms with Gasteiger partial charge in [0.2, 0.25) is 0 Å². The van der Waals surface area contributed by atoms with E-state index in [9.17, 15) is 4.79 Å². The molecule has 3 N–H and O–H groups in total. The summed E-state index contributed by atoms with van der Waals surface area (Å²) in [6.45, 7) is 1.62. The Balaban J connectivity index is 2.04. The number of nitrogen functional groups attached to an aromatic ring is 1. The molecule has 21 heavy (non-hydrogen) atoms. The Morgan fingerprint density at radius 2 is 1.95 bits per heavy atom. The molecule has 0 aliphatic carbocycles. The van der Waals surface area contributed by atoms with Gasteiger partial charge in [-0.15, -0.1) is 0 Å². The summed E-state index contributed by atoms with van der Waals surface area (Å²) in [5, 5.41) is 3.55. The van der Waals surface area contributed by atoms with Gasteiger partial charge in [0.15, 0.2) is 6.10 Å². The van der Waals surface area contributed by atoms with Gasteiger partial charge < -0.3 is 15.8 Å². The Kier molecular flexibility index (Phi) is 4.94. The van der Waals surface area contributed by atoms with Gasteiger partial charge in [-0.05, 0) is 37.3 Å². The van der Waals surface area contributed by atoms with Gasteiger partial charge >= 0.3 is 0 Å². The molecule has 0 heterocycles. The number of benzene rings is 2. The molecule has 0 fully saturated rings. The summed E-state index contributed by atoms with van der Waals surface area (Å²) >= 11 is 11.8. The number of ether oxygens (including phenoxy) is 1. The van der Waals surface area contributed by atoms with Gasteiger partial charge in [-0.1, -0.05) is 35.3 Å². The van der Waals surface area contributed by atoms with Crippen molar-refractivity contribution in [3.63, 3.8) is 0 Å². The zero-order chi connectivity index (χ0) is 15.4. The van der Waals surface area contributed by atoms with Crippen LogP contribution in [0, 0.1) is 0 Å². The van der Waals surface area contributed by atoms with Crippen molar-refractivity contribution in [2.24, 2.45) is 0 Å². The van der Waals surface area contributed by atoms with E-state index in [4.69, 9.17) is 33.7 Å². The first kappa shape index (κ1) is 15.5. The van der Waals surface area contributed by atoms with E-state index in [1.165, 1.54) is 0 Å². The number of hydrogen-bond donors (Lipinski definition) is 2. The van der Waals surface area contributed by atoms with Gasteiger partial charge in [-0.25, -0.2) is 0 Å².